The molecular formula is C23H29N3O2. The second-order valence-electron chi connectivity index (χ2n) is 7.49. The van der Waals surface area contributed by atoms with Gasteiger partial charge in [0, 0.05) is 36.5 Å². The average Bonchev–Trinajstić information content (AvgIpc) is 3.17. The van der Waals surface area contributed by atoms with Gasteiger partial charge in [0.25, 0.3) is 0 Å². The summed E-state index contributed by atoms with van der Waals surface area (Å²) in [5.74, 6) is 1.50. The molecule has 0 radical (unpaired) electrons. The second-order valence-corrected chi connectivity index (χ2v) is 7.49. The Kier molecular flexibility index (Phi) is 5.93. The van der Waals surface area contributed by atoms with E-state index in [4.69, 9.17) is 9.47 Å². The summed E-state index contributed by atoms with van der Waals surface area (Å²) in [6, 6.07) is 12.8. The van der Waals surface area contributed by atoms with Crippen LogP contribution in [0.3, 0.4) is 0 Å². The van der Waals surface area contributed by atoms with E-state index in [9.17, 15) is 0 Å². The molecule has 0 saturated carbocycles. The van der Waals surface area contributed by atoms with Gasteiger partial charge < -0.3 is 14.5 Å². The molecule has 28 heavy (non-hydrogen) atoms. The number of ether oxygens (including phenoxy) is 2. The van der Waals surface area contributed by atoms with E-state index in [-0.39, 0.29) is 0 Å². The van der Waals surface area contributed by atoms with E-state index in [0.29, 0.717) is 19.1 Å². The van der Waals surface area contributed by atoms with Gasteiger partial charge >= 0.3 is 0 Å². The molecule has 1 aliphatic rings. The van der Waals surface area contributed by atoms with Crippen LogP contribution in [0.5, 0.6) is 5.75 Å². The summed E-state index contributed by atoms with van der Waals surface area (Å²) in [5, 5.41) is 0. The maximum atomic E-state index is 5.59. The molecule has 4 rings (SSSR count). The topological polar surface area (TPSA) is 50.4 Å². The molecule has 148 valence electrons. The first kappa shape index (κ1) is 19.0. The van der Waals surface area contributed by atoms with E-state index in [1.807, 2.05) is 19.2 Å². The van der Waals surface area contributed by atoms with Crippen LogP contribution in [0.2, 0.25) is 0 Å². The highest BCUT2D eigenvalue weighted by Crippen LogP contribution is 2.30. The fourth-order valence-electron chi connectivity index (χ4n) is 4.11. The minimum atomic E-state index is 0.592. The van der Waals surface area contributed by atoms with Gasteiger partial charge in [0.15, 0.2) is 0 Å². The highest BCUT2D eigenvalue weighted by atomic mass is 16.5. The predicted molar refractivity (Wildman–Crippen MR) is 112 cm³/mol. The summed E-state index contributed by atoms with van der Waals surface area (Å²) in [4.78, 5) is 10.6. The Morgan fingerprint density at radius 2 is 2.04 bits per heavy atom. The molecule has 5 nitrogen and oxygen atoms in total. The first-order valence-corrected chi connectivity index (χ1v) is 10.2. The molecule has 0 amide bonds. The first-order valence-electron chi connectivity index (χ1n) is 10.2. The van der Waals surface area contributed by atoms with E-state index in [0.717, 1.165) is 42.0 Å². The quantitative estimate of drug-likeness (QED) is 0.657. The van der Waals surface area contributed by atoms with Crippen molar-refractivity contribution in [1.82, 2.24) is 14.9 Å². The van der Waals surface area contributed by atoms with E-state index < -0.39 is 0 Å². The number of rotatable bonds is 7. The Bertz CT molecular complexity index is 880. The van der Waals surface area contributed by atoms with Gasteiger partial charge in [-0.1, -0.05) is 6.07 Å². The molecule has 1 fully saturated rings. The number of hydrogen-bond acceptors (Lipinski definition) is 4. The molecule has 1 saturated heterocycles. The number of nitrogens with one attached hydrogen (secondary N) is 1. The normalized spacial score (nSPS) is 15.9. The SMILES string of the molecule is CCOCc1cc(CN2CCC(c3cc4ncccc4[nH]3)CC2)ccc1OC. The van der Waals surface area contributed by atoms with Crippen LogP contribution in [0.15, 0.2) is 42.6 Å². The summed E-state index contributed by atoms with van der Waals surface area (Å²) >= 11 is 0. The zero-order chi connectivity index (χ0) is 19.3. The molecule has 1 aromatic carbocycles. The molecule has 5 heteroatoms. The number of aromatic amines is 1. The third-order valence-electron chi connectivity index (χ3n) is 5.65. The number of benzene rings is 1. The van der Waals surface area contributed by atoms with Crippen molar-refractivity contribution in [3.05, 3.63) is 59.4 Å². The van der Waals surface area contributed by atoms with Crippen molar-refractivity contribution in [2.45, 2.75) is 38.8 Å². The van der Waals surface area contributed by atoms with Gasteiger partial charge in [0.1, 0.15) is 5.75 Å². The van der Waals surface area contributed by atoms with Crippen molar-refractivity contribution < 1.29 is 9.47 Å². The van der Waals surface area contributed by atoms with Crippen molar-refractivity contribution in [2.24, 2.45) is 0 Å². The predicted octanol–water partition coefficient (Wildman–Crippen LogP) is 4.49. The van der Waals surface area contributed by atoms with Gasteiger partial charge in [0.05, 0.1) is 24.8 Å². The molecule has 0 unspecified atom stereocenters. The maximum Gasteiger partial charge on any atom is 0.124 e. The van der Waals surface area contributed by atoms with Crippen LogP contribution >= 0.6 is 0 Å². The molecule has 3 aromatic rings. The van der Waals surface area contributed by atoms with E-state index in [1.165, 1.54) is 24.1 Å². The molecule has 0 bridgehead atoms. The van der Waals surface area contributed by atoms with Crippen LogP contribution in [0, 0.1) is 0 Å². The summed E-state index contributed by atoms with van der Waals surface area (Å²) in [7, 11) is 1.72. The summed E-state index contributed by atoms with van der Waals surface area (Å²) < 4.78 is 11.1. The Labute approximate surface area is 166 Å². The second kappa shape index (κ2) is 8.76. The van der Waals surface area contributed by atoms with E-state index in [2.05, 4.69) is 45.2 Å². The van der Waals surface area contributed by atoms with Crippen LogP contribution in [0.4, 0.5) is 0 Å². The van der Waals surface area contributed by atoms with Gasteiger partial charge in [-0.15, -0.1) is 0 Å². The average molecular weight is 380 g/mol. The lowest BCUT2D eigenvalue weighted by molar-refractivity contribution is 0.131. The van der Waals surface area contributed by atoms with Crippen LogP contribution in [-0.2, 0) is 17.9 Å². The first-order chi connectivity index (χ1) is 13.8. The molecule has 3 heterocycles. The number of likely N-dealkylation sites (tertiary alicyclic amines) is 1. The zero-order valence-corrected chi connectivity index (χ0v) is 16.8. The summed E-state index contributed by atoms with van der Waals surface area (Å²) in [6.07, 6.45) is 4.21. The number of piperidine rings is 1. The number of nitrogens with zero attached hydrogens (tertiary/aromatic N) is 2. The lowest BCUT2D eigenvalue weighted by Crippen LogP contribution is -2.32. The van der Waals surface area contributed by atoms with E-state index >= 15 is 0 Å². The smallest absolute Gasteiger partial charge is 0.124 e. The van der Waals surface area contributed by atoms with Gasteiger partial charge in [-0.25, -0.2) is 0 Å². The number of methoxy groups -OCH3 is 1. The fourth-order valence-corrected chi connectivity index (χ4v) is 4.11. The zero-order valence-electron chi connectivity index (χ0n) is 16.8. The standard InChI is InChI=1S/C23H29N3O2/c1-3-28-16-19-13-17(6-7-23(19)27-2)15-26-11-8-18(9-12-26)21-14-22-20(25-21)5-4-10-24-22/h4-7,10,13-14,18,25H,3,8-9,11-12,15-16H2,1-2H3. The van der Waals surface area contributed by atoms with Gasteiger partial charge in [-0.2, -0.15) is 0 Å². The molecule has 0 atom stereocenters. The summed E-state index contributed by atoms with van der Waals surface area (Å²) in [5.41, 5.74) is 5.99. The van der Waals surface area contributed by atoms with Crippen molar-refractivity contribution in [1.29, 1.82) is 0 Å². The monoisotopic (exact) mass is 379 g/mol. The molecule has 0 aliphatic carbocycles. The minimum Gasteiger partial charge on any atom is -0.496 e. The Morgan fingerprint density at radius 1 is 1.18 bits per heavy atom. The highest BCUT2D eigenvalue weighted by molar-refractivity contribution is 5.75. The lowest BCUT2D eigenvalue weighted by Gasteiger charge is -2.31. The third kappa shape index (κ3) is 4.21. The number of pyridine rings is 1. The van der Waals surface area contributed by atoms with Crippen LogP contribution < -0.4 is 4.74 Å². The molecule has 1 N–H and O–H groups in total. The molecule has 2 aromatic heterocycles. The largest absolute Gasteiger partial charge is 0.496 e. The van der Waals surface area contributed by atoms with Crippen molar-refractivity contribution in [3.63, 3.8) is 0 Å². The minimum absolute atomic E-state index is 0.592. The third-order valence-corrected chi connectivity index (χ3v) is 5.65. The van der Waals surface area contributed by atoms with Crippen molar-refractivity contribution in [3.8, 4) is 5.75 Å². The van der Waals surface area contributed by atoms with Crippen molar-refractivity contribution in [2.75, 3.05) is 26.8 Å². The van der Waals surface area contributed by atoms with E-state index in [1.54, 1.807) is 7.11 Å². The summed E-state index contributed by atoms with van der Waals surface area (Å²) in [6.45, 7) is 6.53. The van der Waals surface area contributed by atoms with Crippen LogP contribution in [0.25, 0.3) is 11.0 Å². The number of fused-ring (bicyclic) bond motifs is 1. The maximum absolute atomic E-state index is 5.59. The molecular weight excluding hydrogens is 350 g/mol. The number of hydrogen-bond donors (Lipinski definition) is 1. The molecule has 0 spiro atoms. The number of aromatic nitrogens is 2. The van der Waals surface area contributed by atoms with Gasteiger partial charge in [-0.3, -0.25) is 9.88 Å². The lowest BCUT2D eigenvalue weighted by atomic mass is 9.93. The van der Waals surface area contributed by atoms with Crippen LogP contribution in [0.1, 0.15) is 42.5 Å². The van der Waals surface area contributed by atoms with Crippen LogP contribution in [-0.4, -0.2) is 41.7 Å². The fraction of sp³-hybridized carbons (Fsp3) is 0.435. The Balaban J connectivity index is 1.37. The van der Waals surface area contributed by atoms with Gasteiger partial charge in [-0.05, 0) is 68.8 Å². The number of H-pyrrole nitrogens is 1. The van der Waals surface area contributed by atoms with Crippen molar-refractivity contribution >= 4 is 11.0 Å². The Hall–Kier alpha value is -2.37. The molecule has 1 aliphatic heterocycles. The Morgan fingerprint density at radius 3 is 2.79 bits per heavy atom. The van der Waals surface area contributed by atoms with Gasteiger partial charge in [0.2, 0.25) is 0 Å². The highest BCUT2D eigenvalue weighted by Gasteiger charge is 2.22.